The first-order valence-electron chi connectivity index (χ1n) is 14.3. The lowest BCUT2D eigenvalue weighted by molar-refractivity contribution is -0.141. The van der Waals surface area contributed by atoms with Crippen molar-refractivity contribution in [3.63, 3.8) is 0 Å². The van der Waals surface area contributed by atoms with E-state index >= 15 is 0 Å². The van der Waals surface area contributed by atoms with Crippen molar-refractivity contribution in [3.8, 4) is 11.5 Å². The molecule has 5 rings (SSSR count). The number of halogens is 1. The molecule has 7 heteroatoms. The molecule has 1 aliphatic heterocycles. The second kappa shape index (κ2) is 13.7. The molecule has 0 saturated heterocycles. The van der Waals surface area contributed by atoms with Gasteiger partial charge in [0.2, 0.25) is 11.8 Å². The zero-order chi connectivity index (χ0) is 27.7. The monoisotopic (exact) mass is 560 g/mol. The lowest BCUT2D eigenvalue weighted by Crippen LogP contribution is -2.52. The molecule has 210 valence electrons. The van der Waals surface area contributed by atoms with E-state index in [1.165, 1.54) is 6.42 Å². The molecule has 40 heavy (non-hydrogen) atoms. The van der Waals surface area contributed by atoms with Crippen molar-refractivity contribution in [2.24, 2.45) is 0 Å². The van der Waals surface area contributed by atoms with Gasteiger partial charge < -0.3 is 19.7 Å². The summed E-state index contributed by atoms with van der Waals surface area (Å²) in [6.07, 6.45) is 6.68. The average Bonchev–Trinajstić information content (AvgIpc) is 2.99. The van der Waals surface area contributed by atoms with Gasteiger partial charge in [0, 0.05) is 30.5 Å². The Balaban J connectivity index is 1.39. The minimum atomic E-state index is -0.632. The number of fused-ring (bicyclic) bond motifs is 1. The second-order valence-electron chi connectivity index (χ2n) is 10.7. The van der Waals surface area contributed by atoms with Gasteiger partial charge >= 0.3 is 0 Å². The molecule has 1 fully saturated rings. The fourth-order valence-electron chi connectivity index (χ4n) is 5.52. The number of hydrogen-bond donors (Lipinski definition) is 1. The van der Waals surface area contributed by atoms with Gasteiger partial charge in [-0.25, -0.2) is 0 Å². The maximum absolute atomic E-state index is 14.0. The molecule has 1 unspecified atom stereocenters. The van der Waals surface area contributed by atoms with Gasteiger partial charge in [0.25, 0.3) is 0 Å². The molecule has 3 aromatic rings. The second-order valence-corrected chi connectivity index (χ2v) is 11.1. The first-order chi connectivity index (χ1) is 19.5. The molecule has 6 nitrogen and oxygen atoms in total. The van der Waals surface area contributed by atoms with Crippen LogP contribution in [0.1, 0.15) is 55.2 Å². The van der Waals surface area contributed by atoms with Gasteiger partial charge in [-0.05, 0) is 60.2 Å². The number of ether oxygens (including phenoxy) is 2. The molecule has 1 saturated carbocycles. The summed E-state index contributed by atoms with van der Waals surface area (Å²) < 4.78 is 11.4. The molecule has 2 amide bonds. The number of benzene rings is 3. The van der Waals surface area contributed by atoms with E-state index in [0.717, 1.165) is 48.1 Å². The Morgan fingerprint density at radius 2 is 1.55 bits per heavy atom. The predicted molar refractivity (Wildman–Crippen MR) is 157 cm³/mol. The van der Waals surface area contributed by atoms with Gasteiger partial charge in [-0.2, -0.15) is 0 Å². The van der Waals surface area contributed by atoms with E-state index < -0.39 is 6.04 Å². The molecule has 0 bridgehead atoms. The van der Waals surface area contributed by atoms with E-state index in [0.29, 0.717) is 43.4 Å². The molecule has 0 spiro atoms. The van der Waals surface area contributed by atoms with Crippen LogP contribution in [-0.4, -0.2) is 42.0 Å². The van der Waals surface area contributed by atoms with Crippen molar-refractivity contribution in [1.29, 1.82) is 0 Å². The Labute approximate surface area is 241 Å². The van der Waals surface area contributed by atoms with Gasteiger partial charge in [0.05, 0.1) is 0 Å². The fourth-order valence-corrected chi connectivity index (χ4v) is 5.65. The Hall–Kier alpha value is -3.51. The van der Waals surface area contributed by atoms with Crippen LogP contribution in [0.3, 0.4) is 0 Å². The number of amides is 2. The van der Waals surface area contributed by atoms with E-state index in [-0.39, 0.29) is 24.3 Å². The van der Waals surface area contributed by atoms with E-state index in [2.05, 4.69) is 5.32 Å². The van der Waals surface area contributed by atoms with Crippen LogP contribution in [0.4, 0.5) is 0 Å². The first-order valence-corrected chi connectivity index (χ1v) is 14.7. The molecular weight excluding hydrogens is 524 g/mol. The van der Waals surface area contributed by atoms with Crippen LogP contribution in [-0.2, 0) is 29.0 Å². The number of nitrogens with one attached hydrogen (secondary N) is 1. The van der Waals surface area contributed by atoms with Crippen LogP contribution in [0.15, 0.2) is 72.8 Å². The highest BCUT2D eigenvalue weighted by molar-refractivity contribution is 6.30. The van der Waals surface area contributed by atoms with Gasteiger partial charge in [-0.3, -0.25) is 9.59 Å². The average molecular weight is 561 g/mol. The van der Waals surface area contributed by atoms with Crippen molar-refractivity contribution < 1.29 is 19.1 Å². The molecule has 1 aliphatic carbocycles. The third-order valence-corrected chi connectivity index (χ3v) is 7.97. The summed E-state index contributed by atoms with van der Waals surface area (Å²) in [6, 6.07) is 22.8. The van der Waals surface area contributed by atoms with Crippen molar-refractivity contribution in [2.75, 3.05) is 13.2 Å². The Morgan fingerprint density at radius 3 is 2.30 bits per heavy atom. The largest absolute Gasteiger partial charge is 0.486 e. The predicted octanol–water partition coefficient (Wildman–Crippen LogP) is 6.13. The van der Waals surface area contributed by atoms with Crippen LogP contribution in [0.2, 0.25) is 5.02 Å². The Morgan fingerprint density at radius 1 is 0.850 bits per heavy atom. The van der Waals surface area contributed by atoms with Crippen LogP contribution < -0.4 is 14.8 Å². The third-order valence-electron chi connectivity index (χ3n) is 7.72. The van der Waals surface area contributed by atoms with Gasteiger partial charge in [0.1, 0.15) is 19.3 Å². The van der Waals surface area contributed by atoms with E-state index in [1.54, 1.807) is 4.90 Å². The van der Waals surface area contributed by atoms with Gasteiger partial charge in [-0.15, -0.1) is 0 Å². The molecule has 0 aromatic heterocycles. The molecular formula is C33H37ClN2O4. The molecule has 1 atom stereocenters. The minimum absolute atomic E-state index is 0.0652. The van der Waals surface area contributed by atoms with E-state index in [4.69, 9.17) is 21.1 Å². The minimum Gasteiger partial charge on any atom is -0.486 e. The molecule has 2 aliphatic rings. The van der Waals surface area contributed by atoms with Crippen molar-refractivity contribution in [1.82, 2.24) is 10.2 Å². The van der Waals surface area contributed by atoms with Gasteiger partial charge in [-0.1, -0.05) is 79.4 Å². The number of carbonyl (C=O) groups excluding carboxylic acids is 2. The number of hydrogen-bond acceptors (Lipinski definition) is 4. The summed E-state index contributed by atoms with van der Waals surface area (Å²) in [5.74, 6) is 1.29. The summed E-state index contributed by atoms with van der Waals surface area (Å²) in [7, 11) is 0. The number of aryl methyl sites for hydroxylation is 1. The zero-order valence-electron chi connectivity index (χ0n) is 22.8. The first kappa shape index (κ1) is 28.0. The molecule has 1 N–H and O–H groups in total. The lowest BCUT2D eigenvalue weighted by atomic mass is 9.94. The Bertz CT molecular complexity index is 1280. The van der Waals surface area contributed by atoms with Crippen molar-refractivity contribution in [3.05, 3.63) is 94.5 Å². The van der Waals surface area contributed by atoms with Crippen molar-refractivity contribution in [2.45, 2.75) is 70.0 Å². The summed E-state index contributed by atoms with van der Waals surface area (Å²) in [4.78, 5) is 29.6. The summed E-state index contributed by atoms with van der Waals surface area (Å²) in [5.41, 5.74) is 2.95. The lowest BCUT2D eigenvalue weighted by Gasteiger charge is -2.33. The molecule has 0 radical (unpaired) electrons. The van der Waals surface area contributed by atoms with Crippen LogP contribution in [0.5, 0.6) is 11.5 Å². The van der Waals surface area contributed by atoms with Gasteiger partial charge in [0.15, 0.2) is 11.5 Å². The maximum atomic E-state index is 14.0. The number of nitrogens with zero attached hydrogens (tertiary/aromatic N) is 1. The highest BCUT2D eigenvalue weighted by atomic mass is 35.5. The van der Waals surface area contributed by atoms with Crippen molar-refractivity contribution >= 4 is 23.4 Å². The third kappa shape index (κ3) is 7.57. The SMILES string of the molecule is O=C(NC1CCCCC1)C(Cc1ccccc1)N(Cc1ccc(Cl)cc1)C(=O)CCc1ccc2c(c1)OCCO2. The molecule has 3 aromatic carbocycles. The number of rotatable bonds is 10. The quantitative estimate of drug-likeness (QED) is 0.324. The maximum Gasteiger partial charge on any atom is 0.243 e. The fraction of sp³-hybridized carbons (Fsp3) is 0.394. The smallest absolute Gasteiger partial charge is 0.243 e. The van der Waals surface area contributed by atoms with E-state index in [1.807, 2.05) is 72.8 Å². The summed E-state index contributed by atoms with van der Waals surface area (Å²) >= 11 is 6.14. The standard InChI is InChI=1S/C33H37ClN2O4/c34-27-15-11-26(12-16-27)23-36(32(37)18-14-25-13-17-30-31(22-25)40-20-19-39-30)29(21-24-7-3-1-4-8-24)33(38)35-28-9-5-2-6-10-28/h1,3-4,7-8,11-13,15-17,22,28-29H,2,5-6,9-10,14,18-21,23H2,(H,35,38). The summed E-state index contributed by atoms with van der Waals surface area (Å²) in [5, 5.41) is 3.93. The topological polar surface area (TPSA) is 67.9 Å². The zero-order valence-corrected chi connectivity index (χ0v) is 23.6. The molecule has 1 heterocycles. The normalized spacial score (nSPS) is 15.7. The number of carbonyl (C=O) groups is 2. The Kier molecular flexibility index (Phi) is 9.61. The highest BCUT2D eigenvalue weighted by Crippen LogP contribution is 2.31. The van der Waals surface area contributed by atoms with Crippen LogP contribution in [0.25, 0.3) is 0 Å². The summed E-state index contributed by atoms with van der Waals surface area (Å²) in [6.45, 7) is 1.38. The van der Waals surface area contributed by atoms with Crippen LogP contribution >= 0.6 is 11.6 Å². The highest BCUT2D eigenvalue weighted by Gasteiger charge is 2.31. The van der Waals surface area contributed by atoms with E-state index in [9.17, 15) is 9.59 Å². The van der Waals surface area contributed by atoms with Crippen LogP contribution in [0, 0.1) is 0 Å².